The molecule has 204 valence electrons. The molecule has 0 radical (unpaired) electrons. The molecule has 0 fully saturated rings. The number of rotatable bonds is 9. The van der Waals surface area contributed by atoms with E-state index in [9.17, 15) is 17.6 Å². The molecule has 1 nitrogen and oxygen atoms in total. The van der Waals surface area contributed by atoms with Gasteiger partial charge >= 0.3 is 6.18 Å². The average Bonchev–Trinajstić information content (AvgIpc) is 3.44. The van der Waals surface area contributed by atoms with E-state index in [0.29, 0.717) is 19.4 Å². The standard InChI is InChI=1S/C33H33F4NS/c1-22(26-10-14-31(34)15-11-26)18-28-21-32(24(3)27-6-4-5-7-27,30(16-17-38-39)19-23(28)2)20-25-8-12-29(13-9-25)33(35,36)37/h4-6,8-15,18-19,38-39H,3,7,16-17,20-21H2,1-2H3/b22-18-. The van der Waals surface area contributed by atoms with Gasteiger partial charge in [-0.25, -0.2) is 4.39 Å². The Morgan fingerprint density at radius 1 is 1.10 bits per heavy atom. The summed E-state index contributed by atoms with van der Waals surface area (Å²) in [4.78, 5) is 0. The molecule has 1 atom stereocenters. The third kappa shape index (κ3) is 6.56. The highest BCUT2D eigenvalue weighted by molar-refractivity contribution is 7.78. The van der Waals surface area contributed by atoms with Gasteiger partial charge in [-0.05, 0) is 103 Å². The van der Waals surface area contributed by atoms with Crippen LogP contribution >= 0.6 is 12.8 Å². The van der Waals surface area contributed by atoms with E-state index in [0.717, 1.165) is 64.0 Å². The van der Waals surface area contributed by atoms with Gasteiger partial charge in [-0.1, -0.05) is 79.6 Å². The van der Waals surface area contributed by atoms with Gasteiger partial charge in [0, 0.05) is 12.0 Å². The molecular weight excluding hydrogens is 518 g/mol. The first kappa shape index (κ1) is 28.9. The molecule has 39 heavy (non-hydrogen) atoms. The molecule has 0 bridgehead atoms. The first-order valence-corrected chi connectivity index (χ1v) is 13.4. The van der Waals surface area contributed by atoms with E-state index >= 15 is 0 Å². The SMILES string of the molecule is C=C(C1=CC=CC1)C1(Cc2ccc(C(F)(F)F)cc2)CC(/C=C(/C)c2ccc(F)cc2)=C(C)C=C1CCNS. The fourth-order valence-electron chi connectivity index (χ4n) is 5.52. The minimum atomic E-state index is -4.38. The third-order valence-electron chi connectivity index (χ3n) is 7.72. The fourth-order valence-corrected chi connectivity index (χ4v) is 5.63. The van der Waals surface area contributed by atoms with Crippen LogP contribution in [-0.4, -0.2) is 6.54 Å². The largest absolute Gasteiger partial charge is 0.416 e. The zero-order chi connectivity index (χ0) is 28.2. The van der Waals surface area contributed by atoms with Gasteiger partial charge in [0.1, 0.15) is 5.82 Å². The van der Waals surface area contributed by atoms with E-state index in [2.05, 4.69) is 55.3 Å². The number of benzene rings is 2. The molecule has 6 heteroatoms. The molecule has 1 N–H and O–H groups in total. The van der Waals surface area contributed by atoms with Gasteiger partial charge in [-0.15, -0.1) is 0 Å². The van der Waals surface area contributed by atoms with Crippen LogP contribution in [0, 0.1) is 11.2 Å². The Morgan fingerprint density at radius 3 is 2.38 bits per heavy atom. The number of hydrogen-bond acceptors (Lipinski definition) is 2. The Bertz CT molecular complexity index is 1370. The highest BCUT2D eigenvalue weighted by Crippen LogP contribution is 2.52. The van der Waals surface area contributed by atoms with E-state index in [-0.39, 0.29) is 5.82 Å². The van der Waals surface area contributed by atoms with Gasteiger partial charge in [0.2, 0.25) is 0 Å². The second-order valence-electron chi connectivity index (χ2n) is 10.3. The lowest BCUT2D eigenvalue weighted by Gasteiger charge is -2.43. The van der Waals surface area contributed by atoms with Gasteiger partial charge in [-0.3, -0.25) is 4.72 Å². The lowest BCUT2D eigenvalue weighted by molar-refractivity contribution is -0.137. The van der Waals surface area contributed by atoms with Gasteiger partial charge in [-0.2, -0.15) is 13.2 Å². The molecule has 0 amide bonds. The van der Waals surface area contributed by atoms with Crippen molar-refractivity contribution in [1.82, 2.24) is 4.72 Å². The summed E-state index contributed by atoms with van der Waals surface area (Å²) in [6.45, 7) is 9.33. The number of alkyl halides is 3. The molecule has 0 heterocycles. The summed E-state index contributed by atoms with van der Waals surface area (Å²) < 4.78 is 56.3. The Balaban J connectivity index is 1.81. The molecule has 0 aromatic heterocycles. The van der Waals surface area contributed by atoms with Crippen molar-refractivity contribution in [1.29, 1.82) is 0 Å². The van der Waals surface area contributed by atoms with Crippen LogP contribution in [0.4, 0.5) is 17.6 Å². The highest BCUT2D eigenvalue weighted by atomic mass is 32.1. The molecule has 0 spiro atoms. The number of thiol groups is 1. The topological polar surface area (TPSA) is 12.0 Å². The zero-order valence-corrected chi connectivity index (χ0v) is 23.1. The summed E-state index contributed by atoms with van der Waals surface area (Å²) in [6, 6.07) is 11.9. The van der Waals surface area contributed by atoms with Crippen LogP contribution in [0.25, 0.3) is 5.57 Å². The van der Waals surface area contributed by atoms with Crippen LogP contribution in [0.15, 0.2) is 113 Å². The van der Waals surface area contributed by atoms with Crippen molar-refractivity contribution in [2.24, 2.45) is 5.41 Å². The van der Waals surface area contributed by atoms with E-state index < -0.39 is 17.2 Å². The van der Waals surface area contributed by atoms with Crippen LogP contribution in [-0.2, 0) is 12.6 Å². The predicted octanol–water partition coefficient (Wildman–Crippen LogP) is 9.39. The van der Waals surface area contributed by atoms with Gasteiger partial charge in [0.25, 0.3) is 0 Å². The molecule has 4 rings (SSSR count). The van der Waals surface area contributed by atoms with Crippen molar-refractivity contribution in [3.05, 3.63) is 136 Å². The molecule has 0 saturated carbocycles. The summed E-state index contributed by atoms with van der Waals surface area (Å²) in [5.41, 5.74) is 7.11. The van der Waals surface area contributed by atoms with Crippen LogP contribution < -0.4 is 4.72 Å². The number of hydrogen-bond donors (Lipinski definition) is 2. The maximum Gasteiger partial charge on any atom is 0.416 e. The van der Waals surface area contributed by atoms with Crippen LogP contribution in [0.1, 0.15) is 49.8 Å². The lowest BCUT2D eigenvalue weighted by atomic mass is 9.61. The molecule has 1 unspecified atom stereocenters. The molecular formula is C33H33F4NS. The van der Waals surface area contributed by atoms with Gasteiger partial charge in [0.15, 0.2) is 0 Å². The minimum Gasteiger partial charge on any atom is -0.266 e. The van der Waals surface area contributed by atoms with E-state index in [4.69, 9.17) is 0 Å². The van der Waals surface area contributed by atoms with Crippen LogP contribution in [0.3, 0.4) is 0 Å². The van der Waals surface area contributed by atoms with Crippen molar-refractivity contribution in [2.75, 3.05) is 6.54 Å². The van der Waals surface area contributed by atoms with Gasteiger partial charge in [0.05, 0.1) is 5.56 Å². The summed E-state index contributed by atoms with van der Waals surface area (Å²) in [7, 11) is 0. The normalized spacial score (nSPS) is 19.8. The van der Waals surface area contributed by atoms with E-state index in [1.165, 1.54) is 17.7 Å². The second kappa shape index (κ2) is 12.0. The molecule has 0 saturated heterocycles. The van der Waals surface area contributed by atoms with Crippen molar-refractivity contribution in [3.63, 3.8) is 0 Å². The van der Waals surface area contributed by atoms with Crippen LogP contribution in [0.5, 0.6) is 0 Å². The Morgan fingerprint density at radius 2 is 1.79 bits per heavy atom. The van der Waals surface area contributed by atoms with Gasteiger partial charge < -0.3 is 0 Å². The highest BCUT2D eigenvalue weighted by Gasteiger charge is 2.41. The molecule has 2 aliphatic carbocycles. The number of halogens is 4. The second-order valence-corrected chi connectivity index (χ2v) is 10.6. The minimum absolute atomic E-state index is 0.282. The number of nitrogens with one attached hydrogen (secondary N) is 1. The summed E-state index contributed by atoms with van der Waals surface area (Å²) in [5.74, 6) is -0.282. The van der Waals surface area contributed by atoms with Crippen molar-refractivity contribution >= 4 is 18.4 Å². The smallest absolute Gasteiger partial charge is 0.266 e. The average molecular weight is 552 g/mol. The molecule has 2 aromatic rings. The Labute approximate surface area is 234 Å². The van der Waals surface area contributed by atoms with E-state index in [1.807, 2.05) is 13.0 Å². The summed E-state index contributed by atoms with van der Waals surface area (Å²) in [5, 5.41) is 0. The Kier molecular flexibility index (Phi) is 8.87. The monoisotopic (exact) mass is 551 g/mol. The third-order valence-corrected chi connectivity index (χ3v) is 7.95. The van der Waals surface area contributed by atoms with E-state index in [1.54, 1.807) is 24.3 Å². The van der Waals surface area contributed by atoms with Crippen molar-refractivity contribution in [2.45, 2.75) is 45.7 Å². The zero-order valence-electron chi connectivity index (χ0n) is 22.2. The predicted molar refractivity (Wildman–Crippen MR) is 156 cm³/mol. The first-order chi connectivity index (χ1) is 18.5. The maximum atomic E-state index is 13.5. The quantitative estimate of drug-likeness (QED) is 0.234. The summed E-state index contributed by atoms with van der Waals surface area (Å²) in [6.07, 6.45) is 8.80. The maximum absolute atomic E-state index is 13.5. The first-order valence-electron chi connectivity index (χ1n) is 13.0. The molecule has 2 aromatic carbocycles. The Hall–Kier alpha value is -3.09. The molecule has 2 aliphatic rings. The number of allylic oxidation sites excluding steroid dienone is 10. The lowest BCUT2D eigenvalue weighted by Crippen LogP contribution is -2.33. The summed E-state index contributed by atoms with van der Waals surface area (Å²) >= 11 is 4.21. The fraction of sp³-hybridized carbons (Fsp3) is 0.273. The van der Waals surface area contributed by atoms with Crippen LogP contribution in [0.2, 0.25) is 0 Å². The van der Waals surface area contributed by atoms with Crippen molar-refractivity contribution in [3.8, 4) is 0 Å². The molecule has 0 aliphatic heterocycles. The van der Waals surface area contributed by atoms with Crippen molar-refractivity contribution < 1.29 is 17.6 Å².